The predicted octanol–water partition coefficient (Wildman–Crippen LogP) is 11.3. The summed E-state index contributed by atoms with van der Waals surface area (Å²) in [6.45, 7) is 4.83. The number of hydrogen-bond donors (Lipinski definition) is 0. The van der Waals surface area contributed by atoms with Crippen LogP contribution >= 0.6 is 0 Å². The van der Waals surface area contributed by atoms with Crippen LogP contribution in [0.5, 0.6) is 0 Å². The average molecular weight is 664 g/mol. The molecule has 0 radical (unpaired) electrons. The first-order chi connectivity index (χ1) is 25.0. The van der Waals surface area contributed by atoms with Crippen LogP contribution in [0.2, 0.25) is 0 Å². The van der Waals surface area contributed by atoms with Crippen LogP contribution in [-0.2, 0) is 5.41 Å². The van der Waals surface area contributed by atoms with Gasteiger partial charge in [-0.2, -0.15) is 5.26 Å². The van der Waals surface area contributed by atoms with Crippen molar-refractivity contribution in [2.75, 3.05) is 0 Å². The number of nitrogens with zero attached hydrogens (tertiary/aromatic N) is 5. The van der Waals surface area contributed by atoms with Crippen LogP contribution in [0.25, 0.3) is 61.7 Å². The molecule has 0 amide bonds. The summed E-state index contributed by atoms with van der Waals surface area (Å²) in [4.78, 5) is 15.5. The van der Waals surface area contributed by atoms with Gasteiger partial charge in [-0.05, 0) is 97.2 Å². The third-order valence-electron chi connectivity index (χ3n) is 11.7. The zero-order valence-electron chi connectivity index (χ0n) is 29.3. The Bertz CT molecular complexity index is 2420. The van der Waals surface area contributed by atoms with E-state index in [4.69, 9.17) is 15.0 Å². The van der Waals surface area contributed by atoms with Gasteiger partial charge in [0.2, 0.25) is 0 Å². The van der Waals surface area contributed by atoms with Crippen LogP contribution in [0.1, 0.15) is 63.5 Å². The van der Waals surface area contributed by atoms with E-state index < -0.39 is 0 Å². The molecule has 2 heterocycles. The molecule has 9 rings (SSSR count). The van der Waals surface area contributed by atoms with Crippen LogP contribution in [0, 0.1) is 29.1 Å². The fourth-order valence-electron chi connectivity index (χ4n) is 9.64. The van der Waals surface area contributed by atoms with E-state index in [1.54, 1.807) is 0 Å². The molecule has 2 aromatic heterocycles. The van der Waals surface area contributed by atoms with Crippen LogP contribution in [0.15, 0.2) is 121 Å². The van der Waals surface area contributed by atoms with Crippen molar-refractivity contribution in [2.45, 2.75) is 57.8 Å². The van der Waals surface area contributed by atoms with Crippen molar-refractivity contribution in [2.24, 2.45) is 17.8 Å². The summed E-state index contributed by atoms with van der Waals surface area (Å²) in [5.41, 5.74) is 8.31. The largest absolute Gasteiger partial charge is 0.308 e. The minimum absolute atomic E-state index is 0.269. The zero-order chi connectivity index (χ0) is 34.5. The lowest BCUT2D eigenvalue weighted by Gasteiger charge is -2.51. The summed E-state index contributed by atoms with van der Waals surface area (Å²) in [6, 6.07) is 44.4. The highest BCUT2D eigenvalue weighted by atomic mass is 15.0. The molecule has 0 spiro atoms. The molecule has 0 saturated heterocycles. The Morgan fingerprint density at radius 3 is 2.14 bits per heavy atom. The number of aromatic nitrogens is 4. The molecular weight excluding hydrogens is 623 g/mol. The average Bonchev–Trinajstić information content (AvgIpc) is 3.51. The van der Waals surface area contributed by atoms with Gasteiger partial charge in [0.1, 0.15) is 0 Å². The summed E-state index contributed by atoms with van der Waals surface area (Å²) in [7, 11) is 0. The van der Waals surface area contributed by atoms with E-state index in [0.29, 0.717) is 23.0 Å². The van der Waals surface area contributed by atoms with E-state index in [0.717, 1.165) is 61.9 Å². The van der Waals surface area contributed by atoms with Gasteiger partial charge in [-0.15, -0.1) is 0 Å². The first-order valence-corrected chi connectivity index (χ1v) is 18.5. The summed E-state index contributed by atoms with van der Waals surface area (Å²) in [5, 5.41) is 11.9. The smallest absolute Gasteiger partial charge is 0.166 e. The van der Waals surface area contributed by atoms with Crippen molar-refractivity contribution in [3.8, 4) is 45.9 Å². The molecule has 5 heteroatoms. The Labute approximate surface area is 299 Å². The van der Waals surface area contributed by atoms with E-state index in [9.17, 15) is 5.26 Å². The number of fused-ring (bicyclic) bond motifs is 5. The number of hydrogen-bond acceptors (Lipinski definition) is 4. The molecule has 1 unspecified atom stereocenters. The van der Waals surface area contributed by atoms with Gasteiger partial charge < -0.3 is 4.57 Å². The summed E-state index contributed by atoms with van der Waals surface area (Å²) in [6.07, 6.45) is 7.94. The molecule has 51 heavy (non-hydrogen) atoms. The normalized spacial score (nSPS) is 21.5. The standard InChI is InChI=1S/C46H41N5/c1-3-31-24-33-23-30(2)26-46(27-31,28-33)36-20-18-35(19-21-36)44-48-43(34-11-6-4-7-12-34)49-45(50-44)39-16-10-15-38-40-25-32(29-47)17-22-41(40)51(42(38)39)37-13-8-5-9-14-37/h4-22,25,30-31,33H,3,23-24,26-28H2,1-2H3/t30-,31+,33-,46?/m0/s1. The van der Waals surface area contributed by atoms with Gasteiger partial charge in [-0.1, -0.05) is 105 Å². The maximum absolute atomic E-state index is 9.79. The minimum atomic E-state index is 0.269. The molecule has 0 N–H and O–H groups in total. The highest BCUT2D eigenvalue weighted by Crippen LogP contribution is 2.54. The molecule has 250 valence electrons. The van der Waals surface area contributed by atoms with Crippen molar-refractivity contribution in [3.05, 3.63) is 132 Å². The van der Waals surface area contributed by atoms with E-state index in [1.807, 2.05) is 42.5 Å². The van der Waals surface area contributed by atoms with Gasteiger partial charge in [-0.3, -0.25) is 0 Å². The molecule has 0 aliphatic heterocycles. The van der Waals surface area contributed by atoms with Crippen LogP contribution < -0.4 is 0 Å². The van der Waals surface area contributed by atoms with Crippen LogP contribution in [0.3, 0.4) is 0 Å². The van der Waals surface area contributed by atoms with Gasteiger partial charge in [0, 0.05) is 33.2 Å². The summed E-state index contributed by atoms with van der Waals surface area (Å²) < 4.78 is 2.27. The fourth-order valence-corrected chi connectivity index (χ4v) is 9.64. The molecule has 2 fully saturated rings. The van der Waals surface area contributed by atoms with Crippen molar-refractivity contribution in [1.29, 1.82) is 5.26 Å². The molecule has 5 nitrogen and oxygen atoms in total. The second kappa shape index (κ2) is 12.6. The van der Waals surface area contributed by atoms with Crippen molar-refractivity contribution in [3.63, 3.8) is 0 Å². The summed E-state index contributed by atoms with van der Waals surface area (Å²) in [5.74, 6) is 4.35. The SMILES string of the molecule is CC[C@@H]1C[C@@H]2C[C@H](C)CC(c3ccc(-c4nc(-c5ccccc5)nc(-c5cccc6c7cc(C#N)ccc7n(-c7ccccc7)c56)n4)cc3)(C1)C2. The molecular formula is C46H41N5. The lowest BCUT2D eigenvalue weighted by Crippen LogP contribution is -2.42. The maximum atomic E-state index is 9.79. The third-order valence-corrected chi connectivity index (χ3v) is 11.7. The number of para-hydroxylation sites is 2. The topological polar surface area (TPSA) is 67.4 Å². The van der Waals surface area contributed by atoms with Gasteiger partial charge in [-0.25, -0.2) is 15.0 Å². The summed E-state index contributed by atoms with van der Waals surface area (Å²) >= 11 is 0. The molecule has 2 saturated carbocycles. The first-order valence-electron chi connectivity index (χ1n) is 18.5. The Morgan fingerprint density at radius 1 is 0.706 bits per heavy atom. The highest BCUT2D eigenvalue weighted by molar-refractivity contribution is 6.13. The molecule has 7 aromatic rings. The van der Waals surface area contributed by atoms with E-state index in [2.05, 4.69) is 103 Å². The van der Waals surface area contributed by atoms with Gasteiger partial charge in [0.05, 0.1) is 22.7 Å². The molecule has 5 aromatic carbocycles. The van der Waals surface area contributed by atoms with Crippen molar-refractivity contribution >= 4 is 21.8 Å². The Kier molecular flexibility index (Phi) is 7.77. The Hall–Kier alpha value is -5.60. The van der Waals surface area contributed by atoms with Gasteiger partial charge in [0.25, 0.3) is 0 Å². The number of benzene rings is 5. The third kappa shape index (κ3) is 5.51. The predicted molar refractivity (Wildman–Crippen MR) is 206 cm³/mol. The monoisotopic (exact) mass is 663 g/mol. The Balaban J connectivity index is 1.22. The maximum Gasteiger partial charge on any atom is 0.166 e. The minimum Gasteiger partial charge on any atom is -0.308 e. The molecule has 2 bridgehead atoms. The van der Waals surface area contributed by atoms with E-state index in [-0.39, 0.29) is 5.41 Å². The lowest BCUT2D eigenvalue weighted by molar-refractivity contribution is 0.0702. The molecule has 4 atom stereocenters. The second-order valence-electron chi connectivity index (χ2n) is 15.1. The molecule has 2 aliphatic carbocycles. The quantitative estimate of drug-likeness (QED) is 0.178. The zero-order valence-corrected chi connectivity index (χ0v) is 29.3. The van der Waals surface area contributed by atoms with Crippen LogP contribution in [0.4, 0.5) is 0 Å². The van der Waals surface area contributed by atoms with Gasteiger partial charge in [0.15, 0.2) is 17.5 Å². The lowest BCUT2D eigenvalue weighted by atomic mass is 9.54. The fraction of sp³-hybridized carbons (Fsp3) is 0.261. The van der Waals surface area contributed by atoms with E-state index >= 15 is 0 Å². The first kappa shape index (κ1) is 31.4. The van der Waals surface area contributed by atoms with Crippen molar-refractivity contribution < 1.29 is 0 Å². The van der Waals surface area contributed by atoms with Crippen molar-refractivity contribution in [1.82, 2.24) is 19.5 Å². The van der Waals surface area contributed by atoms with E-state index in [1.165, 1.54) is 44.1 Å². The highest BCUT2D eigenvalue weighted by Gasteiger charge is 2.45. The number of nitriles is 1. The Morgan fingerprint density at radius 2 is 1.41 bits per heavy atom. The van der Waals surface area contributed by atoms with Crippen LogP contribution in [-0.4, -0.2) is 19.5 Å². The molecule has 2 aliphatic rings. The second-order valence-corrected chi connectivity index (χ2v) is 15.1. The number of rotatable bonds is 6. The van der Waals surface area contributed by atoms with Gasteiger partial charge >= 0.3 is 0 Å².